The normalized spacial score (nSPS) is 16.2. The number of imide groups is 1. The van der Waals surface area contributed by atoms with E-state index in [4.69, 9.17) is 9.47 Å². The molecule has 1 unspecified atom stereocenters. The first-order valence-corrected chi connectivity index (χ1v) is 10.2. The maximum atomic E-state index is 11.9. The highest BCUT2D eigenvalue weighted by Gasteiger charge is 2.36. The molecule has 1 aliphatic rings. The quantitative estimate of drug-likeness (QED) is 0.372. The monoisotopic (exact) mass is 400 g/mol. The Morgan fingerprint density at radius 1 is 1.14 bits per heavy atom. The summed E-state index contributed by atoms with van der Waals surface area (Å²) in [6, 6.07) is 0. The van der Waals surface area contributed by atoms with Crippen molar-refractivity contribution in [3.05, 3.63) is 0 Å². The summed E-state index contributed by atoms with van der Waals surface area (Å²) in [4.78, 5) is 48.0. The summed E-state index contributed by atoms with van der Waals surface area (Å²) in [5, 5.41) is 2.68. The lowest BCUT2D eigenvalue weighted by Crippen LogP contribution is -2.36. The van der Waals surface area contributed by atoms with Gasteiger partial charge in [0.25, 0.3) is 0 Å². The molecular formula is C20H36N2O6. The highest BCUT2D eigenvalue weighted by Crippen LogP contribution is 2.22. The van der Waals surface area contributed by atoms with E-state index in [1.54, 1.807) is 0 Å². The third-order valence-electron chi connectivity index (χ3n) is 4.22. The molecule has 0 radical (unpaired) electrons. The first-order chi connectivity index (χ1) is 13.4. The highest BCUT2D eigenvalue weighted by atomic mass is 16.5. The lowest BCUT2D eigenvalue weighted by molar-refractivity contribution is -0.139. The van der Waals surface area contributed by atoms with Crippen LogP contribution in [0.15, 0.2) is 0 Å². The topological polar surface area (TPSA) is 102 Å². The fourth-order valence-corrected chi connectivity index (χ4v) is 2.43. The molecule has 0 aromatic rings. The molecule has 8 nitrogen and oxygen atoms in total. The Morgan fingerprint density at radius 3 is 2.36 bits per heavy atom. The predicted octanol–water partition coefficient (Wildman–Crippen LogP) is 1.56. The van der Waals surface area contributed by atoms with Gasteiger partial charge in [-0.05, 0) is 6.42 Å². The molecule has 1 rings (SSSR count). The molecule has 0 bridgehead atoms. The Hall–Kier alpha value is -1.80. The average molecular weight is 401 g/mol. The summed E-state index contributed by atoms with van der Waals surface area (Å²) in [7, 11) is 0. The lowest BCUT2D eigenvalue weighted by atomic mass is 10.1. The summed E-state index contributed by atoms with van der Waals surface area (Å²) in [5.41, 5.74) is 0. The second-order valence-electron chi connectivity index (χ2n) is 6.58. The number of rotatable bonds is 13. The van der Waals surface area contributed by atoms with Crippen molar-refractivity contribution in [2.24, 2.45) is 11.8 Å². The van der Waals surface area contributed by atoms with Crippen molar-refractivity contribution in [3.63, 3.8) is 0 Å². The fraction of sp³-hybridized carbons (Fsp3) is 0.800. The van der Waals surface area contributed by atoms with Gasteiger partial charge in [-0.15, -0.1) is 0 Å². The average Bonchev–Trinajstić information content (AvgIpc) is 2.96. The minimum Gasteiger partial charge on any atom is -0.377 e. The number of nitrogens with one attached hydrogen (secondary N) is 1. The molecule has 0 spiro atoms. The zero-order valence-corrected chi connectivity index (χ0v) is 17.9. The van der Waals surface area contributed by atoms with Gasteiger partial charge in [0.2, 0.25) is 17.7 Å². The van der Waals surface area contributed by atoms with Crippen molar-refractivity contribution >= 4 is 23.5 Å². The predicted molar refractivity (Wildman–Crippen MR) is 106 cm³/mol. The second-order valence-corrected chi connectivity index (χ2v) is 6.58. The maximum Gasteiger partial charge on any atom is 0.232 e. The molecule has 1 fully saturated rings. The summed E-state index contributed by atoms with van der Waals surface area (Å²) in [5.74, 6) is -0.828. The van der Waals surface area contributed by atoms with Crippen LogP contribution in [0.1, 0.15) is 53.9 Å². The van der Waals surface area contributed by atoms with Crippen LogP contribution in [0.4, 0.5) is 0 Å². The largest absolute Gasteiger partial charge is 0.377 e. The van der Waals surface area contributed by atoms with Crippen molar-refractivity contribution in [1.82, 2.24) is 10.2 Å². The van der Waals surface area contributed by atoms with Crippen LogP contribution in [0, 0.1) is 11.8 Å². The van der Waals surface area contributed by atoms with Crippen LogP contribution >= 0.6 is 0 Å². The fourth-order valence-electron chi connectivity index (χ4n) is 2.43. The van der Waals surface area contributed by atoms with E-state index in [2.05, 4.69) is 5.32 Å². The van der Waals surface area contributed by atoms with Gasteiger partial charge in [-0.3, -0.25) is 24.1 Å². The number of nitrogens with zero attached hydrogens (tertiary/aromatic N) is 1. The molecule has 28 heavy (non-hydrogen) atoms. The van der Waals surface area contributed by atoms with Gasteiger partial charge >= 0.3 is 0 Å². The number of carbonyl (C=O) groups is 4. The Balaban J connectivity index is 0.00000352. The number of ketones is 1. The van der Waals surface area contributed by atoms with Crippen molar-refractivity contribution in [3.8, 4) is 0 Å². The Morgan fingerprint density at radius 2 is 1.79 bits per heavy atom. The van der Waals surface area contributed by atoms with E-state index in [-0.39, 0.29) is 61.3 Å². The molecule has 1 N–H and O–H groups in total. The van der Waals surface area contributed by atoms with Crippen molar-refractivity contribution in [1.29, 1.82) is 0 Å². The zero-order valence-electron chi connectivity index (χ0n) is 17.9. The number of ether oxygens (including phenoxy) is 2. The number of Topliss-reactive ketones (excluding diaryl/α,β-unsaturated/α-hetero) is 1. The van der Waals surface area contributed by atoms with Gasteiger partial charge in [-0.2, -0.15) is 0 Å². The number of hydrogen-bond donors (Lipinski definition) is 1. The molecule has 3 amide bonds. The van der Waals surface area contributed by atoms with E-state index in [0.29, 0.717) is 32.8 Å². The molecule has 8 heteroatoms. The summed E-state index contributed by atoms with van der Waals surface area (Å²) in [6.45, 7) is 11.1. The first-order valence-electron chi connectivity index (χ1n) is 10.2. The third kappa shape index (κ3) is 9.94. The van der Waals surface area contributed by atoms with Gasteiger partial charge in [0.05, 0.1) is 19.8 Å². The second kappa shape index (κ2) is 15.2. The van der Waals surface area contributed by atoms with Crippen molar-refractivity contribution in [2.45, 2.75) is 53.9 Å². The van der Waals surface area contributed by atoms with Crippen LogP contribution in [-0.2, 0) is 28.7 Å². The van der Waals surface area contributed by atoms with Crippen LogP contribution in [0.5, 0.6) is 0 Å². The Labute approximate surface area is 168 Å². The smallest absolute Gasteiger partial charge is 0.232 e. The zero-order chi connectivity index (χ0) is 21.5. The third-order valence-corrected chi connectivity index (χ3v) is 4.22. The van der Waals surface area contributed by atoms with Gasteiger partial charge in [0, 0.05) is 37.8 Å². The molecule has 0 aromatic heterocycles. The Bertz CT molecular complexity index is 507. The number of hydrogen-bond acceptors (Lipinski definition) is 6. The van der Waals surface area contributed by atoms with Gasteiger partial charge in [-0.25, -0.2) is 0 Å². The van der Waals surface area contributed by atoms with Crippen LogP contribution in [0.2, 0.25) is 0 Å². The van der Waals surface area contributed by atoms with E-state index in [9.17, 15) is 19.2 Å². The number of amides is 3. The number of carbonyl (C=O) groups excluding carboxylic acids is 4. The lowest BCUT2D eigenvalue weighted by Gasteiger charge is -2.14. The van der Waals surface area contributed by atoms with Crippen molar-refractivity contribution < 1.29 is 28.7 Å². The minimum absolute atomic E-state index is 0.0369. The van der Waals surface area contributed by atoms with E-state index < -0.39 is 0 Å². The standard InChI is InChI=1S/C18H30N2O6.C2H6/c1-4-14-11-17(23)20(18(14)24)7-5-16(22)19-6-8-25-9-10-26-12-15(21)13(2)3;1-2/h13-14H,4-12H2,1-3H3,(H,19,22);1-2H3. The summed E-state index contributed by atoms with van der Waals surface area (Å²) in [6.07, 6.45) is 0.976. The molecule has 1 heterocycles. The van der Waals surface area contributed by atoms with E-state index in [0.717, 1.165) is 0 Å². The van der Waals surface area contributed by atoms with E-state index >= 15 is 0 Å². The maximum absolute atomic E-state index is 11.9. The van der Waals surface area contributed by atoms with Crippen LogP contribution in [0.25, 0.3) is 0 Å². The number of likely N-dealkylation sites (tertiary alicyclic amines) is 1. The minimum atomic E-state index is -0.239. The molecule has 0 saturated carbocycles. The van der Waals surface area contributed by atoms with E-state index in [1.165, 1.54) is 4.90 Å². The molecular weight excluding hydrogens is 364 g/mol. The van der Waals surface area contributed by atoms with Gasteiger partial charge in [0.1, 0.15) is 6.61 Å². The molecule has 1 saturated heterocycles. The van der Waals surface area contributed by atoms with Gasteiger partial charge < -0.3 is 14.8 Å². The summed E-state index contributed by atoms with van der Waals surface area (Å²) < 4.78 is 10.5. The van der Waals surface area contributed by atoms with Gasteiger partial charge in [0.15, 0.2) is 5.78 Å². The molecule has 0 aliphatic carbocycles. The van der Waals surface area contributed by atoms with Crippen molar-refractivity contribution in [2.75, 3.05) is 39.5 Å². The van der Waals surface area contributed by atoms with Crippen LogP contribution < -0.4 is 5.32 Å². The first kappa shape index (κ1) is 26.2. The van der Waals surface area contributed by atoms with Gasteiger partial charge in [-0.1, -0.05) is 34.6 Å². The van der Waals surface area contributed by atoms with Crippen LogP contribution in [-0.4, -0.2) is 67.9 Å². The molecule has 162 valence electrons. The van der Waals surface area contributed by atoms with E-state index in [1.807, 2.05) is 34.6 Å². The highest BCUT2D eigenvalue weighted by molar-refractivity contribution is 6.03. The molecule has 1 atom stereocenters. The Kier molecular flexibility index (Phi) is 14.2. The SMILES string of the molecule is CC.CCC1CC(=O)N(CCC(=O)NCCOCCOCC(=O)C(C)C)C1=O. The molecule has 1 aliphatic heterocycles. The van der Waals surface area contributed by atoms with Crippen LogP contribution in [0.3, 0.4) is 0 Å². The summed E-state index contributed by atoms with van der Waals surface area (Å²) >= 11 is 0. The molecule has 0 aromatic carbocycles.